The maximum Gasteiger partial charge on any atom is 0.323 e. The van der Waals surface area contributed by atoms with Crippen LogP contribution in [0.1, 0.15) is 39.2 Å². The standard InChI is InChI=1S/C24H30NO4/c1-24(2,3)29-23(26)22-13-8-14-25(22)15-16-27-20-11-7-12-21(17-20)28-18-19-9-5-4-6-10-19/h4-6,9-12,17,22H,8,13-16,18H2,1-3H3/t22-/m0/s1. The minimum absolute atomic E-state index is 0.139. The zero-order chi connectivity index (χ0) is 20.7. The van der Waals surface area contributed by atoms with Crippen molar-refractivity contribution >= 4 is 5.97 Å². The van der Waals surface area contributed by atoms with Gasteiger partial charge in [0.05, 0.1) is 0 Å². The van der Waals surface area contributed by atoms with Crippen LogP contribution in [0.25, 0.3) is 0 Å². The summed E-state index contributed by atoms with van der Waals surface area (Å²) >= 11 is 0. The predicted octanol–water partition coefficient (Wildman–Crippen LogP) is 4.25. The topological polar surface area (TPSA) is 48.0 Å². The second-order valence-electron chi connectivity index (χ2n) is 8.25. The highest BCUT2D eigenvalue weighted by atomic mass is 16.6. The van der Waals surface area contributed by atoms with E-state index in [0.29, 0.717) is 25.5 Å². The van der Waals surface area contributed by atoms with Crippen LogP contribution >= 0.6 is 0 Å². The molecule has 0 spiro atoms. The van der Waals surface area contributed by atoms with Gasteiger partial charge in [0.2, 0.25) is 0 Å². The third-order valence-corrected chi connectivity index (χ3v) is 4.67. The van der Waals surface area contributed by atoms with Gasteiger partial charge in [-0.15, -0.1) is 0 Å². The molecule has 155 valence electrons. The Morgan fingerprint density at radius 2 is 1.86 bits per heavy atom. The van der Waals surface area contributed by atoms with E-state index in [9.17, 15) is 4.79 Å². The number of carbonyl (C=O) groups excluding carboxylic acids is 1. The van der Waals surface area contributed by atoms with Gasteiger partial charge in [-0.25, -0.2) is 0 Å². The van der Waals surface area contributed by atoms with Gasteiger partial charge in [0, 0.05) is 12.6 Å². The predicted molar refractivity (Wildman–Crippen MR) is 112 cm³/mol. The van der Waals surface area contributed by atoms with E-state index in [-0.39, 0.29) is 12.0 Å². The van der Waals surface area contributed by atoms with Crippen molar-refractivity contribution in [3.8, 4) is 11.5 Å². The Morgan fingerprint density at radius 1 is 1.14 bits per heavy atom. The number of benzene rings is 2. The molecule has 1 saturated heterocycles. The highest BCUT2D eigenvalue weighted by Gasteiger charge is 2.33. The van der Waals surface area contributed by atoms with Crippen LogP contribution in [-0.4, -0.2) is 42.2 Å². The van der Waals surface area contributed by atoms with Crippen LogP contribution in [0.3, 0.4) is 0 Å². The van der Waals surface area contributed by atoms with E-state index >= 15 is 0 Å². The molecule has 0 aliphatic carbocycles. The molecule has 1 aliphatic rings. The van der Waals surface area contributed by atoms with Crippen molar-refractivity contribution in [1.82, 2.24) is 4.90 Å². The van der Waals surface area contributed by atoms with Crippen molar-refractivity contribution in [1.29, 1.82) is 0 Å². The monoisotopic (exact) mass is 396 g/mol. The SMILES string of the molecule is CC(C)(C)OC(=O)[C@@H]1CCCN1CCOc1c[c]cc(OCc2ccccc2)c1. The van der Waals surface area contributed by atoms with Gasteiger partial charge in [0.1, 0.15) is 36.4 Å². The van der Waals surface area contributed by atoms with Crippen molar-refractivity contribution in [2.45, 2.75) is 51.9 Å². The van der Waals surface area contributed by atoms with E-state index in [2.05, 4.69) is 11.0 Å². The molecule has 3 rings (SSSR count). The first-order valence-corrected chi connectivity index (χ1v) is 10.2. The van der Waals surface area contributed by atoms with Gasteiger partial charge in [0.15, 0.2) is 0 Å². The van der Waals surface area contributed by atoms with Gasteiger partial charge in [-0.3, -0.25) is 9.69 Å². The molecule has 5 heteroatoms. The average Bonchev–Trinajstić information content (AvgIpc) is 3.15. The molecule has 0 bridgehead atoms. The van der Waals surface area contributed by atoms with Gasteiger partial charge < -0.3 is 14.2 Å². The fraction of sp³-hybridized carbons (Fsp3) is 0.458. The van der Waals surface area contributed by atoms with E-state index in [0.717, 1.165) is 30.7 Å². The maximum atomic E-state index is 12.4. The molecule has 0 aromatic heterocycles. The van der Waals surface area contributed by atoms with Crippen molar-refractivity contribution in [3.63, 3.8) is 0 Å². The lowest BCUT2D eigenvalue weighted by Gasteiger charge is -2.27. The summed E-state index contributed by atoms with van der Waals surface area (Å²) in [6, 6.07) is 18.4. The highest BCUT2D eigenvalue weighted by Crippen LogP contribution is 2.22. The van der Waals surface area contributed by atoms with Crippen LogP contribution in [0.5, 0.6) is 11.5 Å². The van der Waals surface area contributed by atoms with Crippen molar-refractivity contribution < 1.29 is 19.0 Å². The minimum Gasteiger partial charge on any atom is -0.492 e. The molecular weight excluding hydrogens is 366 g/mol. The van der Waals surface area contributed by atoms with E-state index in [4.69, 9.17) is 14.2 Å². The second kappa shape index (κ2) is 9.79. The van der Waals surface area contributed by atoms with E-state index in [1.807, 2.05) is 57.2 Å². The number of carbonyl (C=O) groups is 1. The second-order valence-corrected chi connectivity index (χ2v) is 8.25. The van der Waals surface area contributed by atoms with E-state index in [1.165, 1.54) is 0 Å². The smallest absolute Gasteiger partial charge is 0.323 e. The van der Waals surface area contributed by atoms with E-state index < -0.39 is 5.60 Å². The zero-order valence-electron chi connectivity index (χ0n) is 17.5. The largest absolute Gasteiger partial charge is 0.492 e. The Balaban J connectivity index is 1.47. The summed E-state index contributed by atoms with van der Waals surface area (Å²) in [6.45, 7) is 8.27. The molecule has 1 fully saturated rings. The van der Waals surface area contributed by atoms with Crippen molar-refractivity contribution in [2.75, 3.05) is 19.7 Å². The lowest BCUT2D eigenvalue weighted by atomic mass is 10.1. The third kappa shape index (κ3) is 6.79. The van der Waals surface area contributed by atoms with Crippen molar-refractivity contribution in [3.05, 3.63) is 60.2 Å². The molecular formula is C24H30NO4. The maximum absolute atomic E-state index is 12.4. The average molecular weight is 397 g/mol. The Hall–Kier alpha value is -2.53. The third-order valence-electron chi connectivity index (χ3n) is 4.67. The van der Waals surface area contributed by atoms with Crippen LogP contribution in [0.2, 0.25) is 0 Å². The van der Waals surface area contributed by atoms with E-state index in [1.54, 1.807) is 12.1 Å². The van der Waals surface area contributed by atoms with Gasteiger partial charge in [-0.1, -0.05) is 30.3 Å². The quantitative estimate of drug-likeness (QED) is 0.624. The molecule has 2 aromatic rings. The number of nitrogens with zero attached hydrogens (tertiary/aromatic N) is 1. The molecule has 0 saturated carbocycles. The number of esters is 1. The fourth-order valence-corrected chi connectivity index (χ4v) is 3.35. The number of rotatable bonds is 8. The van der Waals surface area contributed by atoms with Gasteiger partial charge in [0.25, 0.3) is 0 Å². The molecule has 0 N–H and O–H groups in total. The summed E-state index contributed by atoms with van der Waals surface area (Å²) in [4.78, 5) is 14.6. The van der Waals surface area contributed by atoms with Gasteiger partial charge in [-0.2, -0.15) is 0 Å². The first kappa shape index (κ1) is 21.2. The summed E-state index contributed by atoms with van der Waals surface area (Å²) in [5.74, 6) is 1.29. The molecule has 1 radical (unpaired) electrons. The van der Waals surface area contributed by atoms with Crippen LogP contribution in [-0.2, 0) is 16.1 Å². The Labute approximate surface area is 173 Å². The number of hydrogen-bond donors (Lipinski definition) is 0. The number of likely N-dealkylation sites (tertiary alicyclic amines) is 1. The zero-order valence-corrected chi connectivity index (χ0v) is 17.5. The Morgan fingerprint density at radius 3 is 2.59 bits per heavy atom. The lowest BCUT2D eigenvalue weighted by molar-refractivity contribution is -0.160. The number of hydrogen-bond acceptors (Lipinski definition) is 5. The molecule has 5 nitrogen and oxygen atoms in total. The molecule has 1 atom stereocenters. The molecule has 29 heavy (non-hydrogen) atoms. The molecule has 1 aliphatic heterocycles. The van der Waals surface area contributed by atoms with Crippen LogP contribution in [0.15, 0.2) is 48.5 Å². The van der Waals surface area contributed by atoms with Crippen LogP contribution in [0.4, 0.5) is 0 Å². The van der Waals surface area contributed by atoms with Crippen LogP contribution in [0, 0.1) is 6.07 Å². The normalized spacial score (nSPS) is 17.1. The summed E-state index contributed by atoms with van der Waals surface area (Å²) in [5, 5.41) is 0. The molecule has 2 aromatic carbocycles. The Bertz CT molecular complexity index is 785. The summed E-state index contributed by atoms with van der Waals surface area (Å²) in [7, 11) is 0. The van der Waals surface area contributed by atoms with Crippen LogP contribution < -0.4 is 9.47 Å². The summed E-state index contributed by atoms with van der Waals surface area (Å²) < 4.78 is 17.3. The molecule has 0 unspecified atom stereocenters. The van der Waals surface area contributed by atoms with Gasteiger partial charge >= 0.3 is 5.97 Å². The number of ether oxygens (including phenoxy) is 3. The molecule has 1 heterocycles. The fourth-order valence-electron chi connectivity index (χ4n) is 3.35. The highest BCUT2D eigenvalue weighted by molar-refractivity contribution is 5.76. The summed E-state index contributed by atoms with van der Waals surface area (Å²) in [5.41, 5.74) is 0.652. The van der Waals surface area contributed by atoms with Gasteiger partial charge in [-0.05, 0) is 63.9 Å². The first-order valence-electron chi connectivity index (χ1n) is 10.2. The van der Waals surface area contributed by atoms with Crippen molar-refractivity contribution in [2.24, 2.45) is 0 Å². The first-order chi connectivity index (χ1) is 13.9. The minimum atomic E-state index is -0.460. The molecule has 0 amide bonds. The summed E-state index contributed by atoms with van der Waals surface area (Å²) in [6.07, 6.45) is 1.84. The Kier molecular flexibility index (Phi) is 7.15. The lowest BCUT2D eigenvalue weighted by Crippen LogP contribution is -2.42.